The number of hydrogen-bond donors (Lipinski definition) is 0. The van der Waals surface area contributed by atoms with Crippen molar-refractivity contribution in [3.63, 3.8) is 0 Å². The fraction of sp³-hybridized carbons (Fsp3) is 0.182. The van der Waals surface area contributed by atoms with Gasteiger partial charge in [0, 0.05) is 11.6 Å². The quantitative estimate of drug-likeness (QED) is 0.452. The Hall–Kier alpha value is -3.52. The van der Waals surface area contributed by atoms with Crippen LogP contribution >= 0.6 is 0 Å². The Morgan fingerprint density at radius 3 is 2.56 bits per heavy atom. The Balaban J connectivity index is 2.18. The maximum atomic E-state index is 12.2. The first kappa shape index (κ1) is 18.3. The fourth-order valence-electron chi connectivity index (χ4n) is 2.81. The van der Waals surface area contributed by atoms with E-state index in [0.717, 1.165) is 16.7 Å². The third kappa shape index (κ3) is 3.85. The van der Waals surface area contributed by atoms with E-state index in [1.165, 1.54) is 0 Å². The summed E-state index contributed by atoms with van der Waals surface area (Å²) < 4.78 is 16.4. The molecule has 0 N–H and O–H groups in total. The van der Waals surface area contributed by atoms with Crippen molar-refractivity contribution >= 4 is 11.5 Å². The van der Waals surface area contributed by atoms with E-state index in [2.05, 4.69) is 0 Å². The van der Waals surface area contributed by atoms with Crippen LogP contribution in [0, 0.1) is 11.3 Å². The largest absolute Gasteiger partial charge is 0.494 e. The van der Waals surface area contributed by atoms with Crippen molar-refractivity contribution in [2.24, 2.45) is 0 Å². The molecule has 2 aromatic carbocycles. The summed E-state index contributed by atoms with van der Waals surface area (Å²) in [6, 6.07) is 17.2. The summed E-state index contributed by atoms with van der Waals surface area (Å²) >= 11 is 0. The SMILES string of the molecule is CCOC(=O)/C(C#N)=C1/C=C(c2ccccc2)c2ccc(OCC)cc2O1. The van der Waals surface area contributed by atoms with E-state index < -0.39 is 5.97 Å². The number of nitriles is 1. The van der Waals surface area contributed by atoms with Crippen LogP contribution in [0.4, 0.5) is 0 Å². The molecule has 0 bridgehead atoms. The summed E-state index contributed by atoms with van der Waals surface area (Å²) in [6.45, 7) is 4.29. The average Bonchev–Trinajstić information content (AvgIpc) is 2.69. The molecule has 0 unspecified atom stereocenters. The fourth-order valence-corrected chi connectivity index (χ4v) is 2.81. The molecule has 0 atom stereocenters. The molecule has 0 saturated heterocycles. The van der Waals surface area contributed by atoms with E-state index in [0.29, 0.717) is 18.1 Å². The zero-order chi connectivity index (χ0) is 19.2. The van der Waals surface area contributed by atoms with Crippen LogP contribution in [-0.4, -0.2) is 19.2 Å². The van der Waals surface area contributed by atoms with Gasteiger partial charge < -0.3 is 14.2 Å². The van der Waals surface area contributed by atoms with Crippen LogP contribution in [0.3, 0.4) is 0 Å². The lowest BCUT2D eigenvalue weighted by atomic mass is 9.94. The first-order chi connectivity index (χ1) is 13.2. The summed E-state index contributed by atoms with van der Waals surface area (Å²) in [4.78, 5) is 12.2. The predicted molar refractivity (Wildman–Crippen MR) is 101 cm³/mol. The summed E-state index contributed by atoms with van der Waals surface area (Å²) in [5.74, 6) is 0.632. The highest BCUT2D eigenvalue weighted by atomic mass is 16.5. The number of esters is 1. The van der Waals surface area contributed by atoms with Crippen molar-refractivity contribution in [3.8, 4) is 17.6 Å². The average molecular weight is 361 g/mol. The molecule has 5 heteroatoms. The normalized spacial score (nSPS) is 14.2. The number of carbonyl (C=O) groups excluding carboxylic acids is 1. The number of rotatable bonds is 5. The zero-order valence-corrected chi connectivity index (χ0v) is 15.2. The van der Waals surface area contributed by atoms with Crippen molar-refractivity contribution in [1.29, 1.82) is 5.26 Å². The molecule has 0 spiro atoms. The number of ether oxygens (including phenoxy) is 3. The van der Waals surface area contributed by atoms with Crippen molar-refractivity contribution in [2.45, 2.75) is 13.8 Å². The van der Waals surface area contributed by atoms with Crippen LogP contribution in [0.5, 0.6) is 11.5 Å². The first-order valence-electron chi connectivity index (χ1n) is 8.71. The minimum Gasteiger partial charge on any atom is -0.494 e. The molecule has 1 heterocycles. The van der Waals surface area contributed by atoms with Gasteiger partial charge >= 0.3 is 5.97 Å². The summed E-state index contributed by atoms with van der Waals surface area (Å²) in [5.41, 5.74) is 2.49. The molecule has 0 radical (unpaired) electrons. The Morgan fingerprint density at radius 1 is 1.11 bits per heavy atom. The molecule has 2 aromatic rings. The van der Waals surface area contributed by atoms with Crippen LogP contribution in [0.15, 0.2) is 65.9 Å². The highest BCUT2D eigenvalue weighted by Gasteiger charge is 2.25. The van der Waals surface area contributed by atoms with Crippen molar-refractivity contribution in [1.82, 2.24) is 0 Å². The maximum absolute atomic E-state index is 12.2. The minimum absolute atomic E-state index is 0.163. The Morgan fingerprint density at radius 2 is 1.89 bits per heavy atom. The van der Waals surface area contributed by atoms with Crippen molar-refractivity contribution < 1.29 is 19.0 Å². The number of carbonyl (C=O) groups is 1. The van der Waals surface area contributed by atoms with Crippen molar-refractivity contribution in [2.75, 3.05) is 13.2 Å². The Bertz CT molecular complexity index is 952. The molecule has 27 heavy (non-hydrogen) atoms. The van der Waals surface area contributed by atoms with Gasteiger partial charge in [-0.2, -0.15) is 5.26 Å². The number of benzene rings is 2. The van der Waals surface area contributed by atoms with Gasteiger partial charge in [0.1, 0.15) is 17.6 Å². The smallest absolute Gasteiger partial charge is 0.352 e. The molecular formula is C22H19NO4. The van der Waals surface area contributed by atoms with E-state index in [1.54, 1.807) is 19.1 Å². The topological polar surface area (TPSA) is 68.6 Å². The second kappa shape index (κ2) is 8.24. The van der Waals surface area contributed by atoms with Gasteiger partial charge in [0.2, 0.25) is 0 Å². The molecule has 1 aliphatic rings. The second-order valence-electron chi connectivity index (χ2n) is 5.69. The first-order valence-corrected chi connectivity index (χ1v) is 8.71. The molecule has 0 fully saturated rings. The third-order valence-corrected chi connectivity index (χ3v) is 3.97. The van der Waals surface area contributed by atoms with Crippen molar-refractivity contribution in [3.05, 3.63) is 77.1 Å². The van der Waals surface area contributed by atoms with Gasteiger partial charge in [-0.1, -0.05) is 30.3 Å². The number of hydrogen-bond acceptors (Lipinski definition) is 5. The minimum atomic E-state index is -0.705. The lowest BCUT2D eigenvalue weighted by Crippen LogP contribution is -2.14. The van der Waals surface area contributed by atoms with E-state index in [9.17, 15) is 10.1 Å². The van der Waals surface area contributed by atoms with Crippen LogP contribution in [0.2, 0.25) is 0 Å². The molecule has 3 rings (SSSR count). The second-order valence-corrected chi connectivity index (χ2v) is 5.69. The highest BCUT2D eigenvalue weighted by Crippen LogP contribution is 2.40. The van der Waals surface area contributed by atoms with Gasteiger partial charge in [-0.3, -0.25) is 0 Å². The van der Waals surface area contributed by atoms with Crippen LogP contribution in [0.1, 0.15) is 25.0 Å². The van der Waals surface area contributed by atoms with Crippen LogP contribution < -0.4 is 9.47 Å². The monoisotopic (exact) mass is 361 g/mol. The standard InChI is InChI=1S/C22H19NO4/c1-3-25-16-10-11-17-18(15-8-6-5-7-9-15)13-21(27-20(17)12-16)19(14-23)22(24)26-4-2/h5-13H,3-4H2,1-2H3/b21-19-. The number of fused-ring (bicyclic) bond motifs is 1. The summed E-state index contributed by atoms with van der Waals surface area (Å²) in [7, 11) is 0. The molecule has 0 aromatic heterocycles. The Kier molecular flexibility index (Phi) is 5.58. The Labute approximate surface area is 158 Å². The molecule has 0 saturated carbocycles. The van der Waals surface area contributed by atoms with Crippen LogP contribution in [0.25, 0.3) is 5.57 Å². The zero-order valence-electron chi connectivity index (χ0n) is 15.2. The molecule has 1 aliphatic heterocycles. The van der Waals surface area contributed by atoms with Gasteiger partial charge in [0.15, 0.2) is 11.3 Å². The van der Waals surface area contributed by atoms with Crippen LogP contribution in [-0.2, 0) is 9.53 Å². The molecule has 0 amide bonds. The summed E-state index contributed by atoms with van der Waals surface area (Å²) in [6.07, 6.45) is 1.70. The van der Waals surface area contributed by atoms with E-state index >= 15 is 0 Å². The van der Waals surface area contributed by atoms with Gasteiger partial charge in [-0.25, -0.2) is 4.79 Å². The number of nitrogens with zero attached hydrogens (tertiary/aromatic N) is 1. The lowest BCUT2D eigenvalue weighted by molar-refractivity contribution is -0.138. The molecule has 0 aliphatic carbocycles. The summed E-state index contributed by atoms with van der Waals surface area (Å²) in [5, 5.41) is 9.48. The van der Waals surface area contributed by atoms with E-state index in [-0.39, 0.29) is 17.9 Å². The lowest BCUT2D eigenvalue weighted by Gasteiger charge is -2.22. The van der Waals surface area contributed by atoms with E-state index in [4.69, 9.17) is 14.2 Å². The molecule has 5 nitrogen and oxygen atoms in total. The van der Waals surface area contributed by atoms with Gasteiger partial charge in [0.25, 0.3) is 0 Å². The maximum Gasteiger partial charge on any atom is 0.352 e. The number of allylic oxidation sites excluding steroid dienone is 1. The van der Waals surface area contributed by atoms with Gasteiger partial charge in [-0.15, -0.1) is 0 Å². The van der Waals surface area contributed by atoms with Gasteiger partial charge in [0.05, 0.1) is 13.2 Å². The predicted octanol–water partition coefficient (Wildman–Crippen LogP) is 4.25. The third-order valence-electron chi connectivity index (χ3n) is 3.97. The van der Waals surface area contributed by atoms with E-state index in [1.807, 2.05) is 55.5 Å². The highest BCUT2D eigenvalue weighted by molar-refractivity contribution is 5.96. The molecule has 136 valence electrons. The van der Waals surface area contributed by atoms with Gasteiger partial charge in [-0.05, 0) is 43.2 Å². The molecular weight excluding hydrogens is 342 g/mol.